The van der Waals surface area contributed by atoms with Crippen molar-refractivity contribution in [2.24, 2.45) is 5.92 Å². The summed E-state index contributed by atoms with van der Waals surface area (Å²) in [6, 6.07) is 5.20. The van der Waals surface area contributed by atoms with Crippen molar-refractivity contribution in [3.63, 3.8) is 0 Å². The van der Waals surface area contributed by atoms with Crippen molar-refractivity contribution in [2.45, 2.75) is 58.1 Å². The number of methoxy groups -OCH3 is 1. The van der Waals surface area contributed by atoms with Crippen LogP contribution in [0.4, 0.5) is 0 Å². The minimum atomic E-state index is -0.597. The van der Waals surface area contributed by atoms with E-state index in [0.29, 0.717) is 24.3 Å². The molecule has 5 heteroatoms. The Bertz CT molecular complexity index is 741. The van der Waals surface area contributed by atoms with Crippen LogP contribution in [0.5, 0.6) is 5.75 Å². The zero-order valence-electron chi connectivity index (χ0n) is 15.9. The number of rotatable bonds is 6. The molecule has 1 saturated carbocycles. The van der Waals surface area contributed by atoms with Gasteiger partial charge >= 0.3 is 5.97 Å². The number of nitrogens with one attached hydrogen (secondary N) is 1. The summed E-state index contributed by atoms with van der Waals surface area (Å²) >= 11 is 0. The maximum Gasteiger partial charge on any atom is 0.329 e. The van der Waals surface area contributed by atoms with Crippen molar-refractivity contribution in [1.82, 2.24) is 5.32 Å². The van der Waals surface area contributed by atoms with E-state index in [4.69, 9.17) is 9.47 Å². The highest BCUT2D eigenvalue weighted by Gasteiger charge is 2.34. The fourth-order valence-electron chi connectivity index (χ4n) is 3.19. The molecule has 0 aromatic heterocycles. The minimum Gasteiger partial charge on any atom is -0.496 e. The lowest BCUT2D eigenvalue weighted by atomic mass is 10.1. The van der Waals surface area contributed by atoms with Gasteiger partial charge in [0, 0.05) is 17.6 Å². The Morgan fingerprint density at radius 1 is 1.27 bits per heavy atom. The van der Waals surface area contributed by atoms with Gasteiger partial charge in [-0.05, 0) is 50.8 Å². The number of carbonyl (C=O) groups is 2. The van der Waals surface area contributed by atoms with E-state index >= 15 is 0 Å². The zero-order valence-corrected chi connectivity index (χ0v) is 15.9. The molecule has 1 aromatic rings. The first kappa shape index (κ1) is 18.5. The fourth-order valence-corrected chi connectivity index (χ4v) is 3.19. The van der Waals surface area contributed by atoms with E-state index in [9.17, 15) is 9.59 Å². The third kappa shape index (κ3) is 4.45. The Morgan fingerprint density at radius 2 is 2.00 bits per heavy atom. The average molecular weight is 357 g/mol. The molecule has 1 N–H and O–H groups in total. The van der Waals surface area contributed by atoms with Crippen LogP contribution >= 0.6 is 0 Å². The first-order valence-corrected chi connectivity index (χ1v) is 9.17. The van der Waals surface area contributed by atoms with Gasteiger partial charge in [0.1, 0.15) is 17.4 Å². The van der Waals surface area contributed by atoms with Crippen molar-refractivity contribution in [3.8, 4) is 5.75 Å². The lowest BCUT2D eigenvalue weighted by Gasteiger charge is -2.24. The average Bonchev–Trinajstić information content (AvgIpc) is 3.26. The fraction of sp³-hybridized carbons (Fsp3) is 0.524. The predicted molar refractivity (Wildman–Crippen MR) is 99.8 cm³/mol. The molecule has 0 radical (unpaired) electrons. The van der Waals surface area contributed by atoms with Crippen LogP contribution in [0.2, 0.25) is 0 Å². The van der Waals surface area contributed by atoms with Crippen molar-refractivity contribution in [1.29, 1.82) is 0 Å². The molecule has 1 fully saturated rings. The normalized spacial score (nSPS) is 17.2. The van der Waals surface area contributed by atoms with Gasteiger partial charge in [-0.1, -0.05) is 25.0 Å². The summed E-state index contributed by atoms with van der Waals surface area (Å²) in [4.78, 5) is 25.3. The van der Waals surface area contributed by atoms with Gasteiger partial charge in [-0.3, -0.25) is 4.79 Å². The van der Waals surface area contributed by atoms with E-state index in [2.05, 4.69) is 5.32 Å². The number of hydrogen-bond acceptors (Lipinski definition) is 4. The van der Waals surface area contributed by atoms with Gasteiger partial charge in [0.2, 0.25) is 5.91 Å². The summed E-state index contributed by atoms with van der Waals surface area (Å²) in [5, 5.41) is 2.90. The van der Waals surface area contributed by atoms with E-state index in [-0.39, 0.29) is 11.9 Å². The predicted octanol–water partition coefficient (Wildman–Crippen LogP) is 3.26. The van der Waals surface area contributed by atoms with Crippen LogP contribution in [0, 0.1) is 5.92 Å². The standard InChI is InChI=1S/C21H27NO4/c1-21(2,3)26-20(24)17(10-13-8-9-13)22-19(23)15-11-14-6-5-7-18(25-4)16(14)12-15/h5-7,12-13,17H,8-11H2,1-4H3,(H,22,23)/t17-/m0/s1. The molecule has 26 heavy (non-hydrogen) atoms. The van der Waals surface area contributed by atoms with Crippen molar-refractivity contribution in [3.05, 3.63) is 34.9 Å². The number of amides is 1. The molecule has 5 nitrogen and oxygen atoms in total. The third-order valence-electron chi connectivity index (χ3n) is 4.63. The molecular formula is C21H27NO4. The number of carbonyl (C=O) groups excluding carboxylic acids is 2. The Morgan fingerprint density at radius 3 is 2.62 bits per heavy atom. The highest BCUT2D eigenvalue weighted by atomic mass is 16.6. The van der Waals surface area contributed by atoms with E-state index < -0.39 is 11.6 Å². The molecule has 1 amide bonds. The molecule has 3 rings (SSSR count). The van der Waals surface area contributed by atoms with Crippen LogP contribution < -0.4 is 10.1 Å². The Hall–Kier alpha value is -2.30. The molecule has 2 aliphatic rings. The van der Waals surface area contributed by atoms with Gasteiger partial charge in [0.05, 0.1) is 7.11 Å². The van der Waals surface area contributed by atoms with Crippen LogP contribution in [-0.2, 0) is 20.7 Å². The third-order valence-corrected chi connectivity index (χ3v) is 4.63. The monoisotopic (exact) mass is 357 g/mol. The highest BCUT2D eigenvalue weighted by molar-refractivity contribution is 6.02. The Labute approximate surface area is 154 Å². The maximum atomic E-state index is 12.8. The quantitative estimate of drug-likeness (QED) is 0.794. The number of hydrogen-bond donors (Lipinski definition) is 1. The van der Waals surface area contributed by atoms with Crippen LogP contribution in [0.1, 0.15) is 51.2 Å². The Balaban J connectivity index is 1.71. The SMILES string of the molecule is COc1cccc2c1C=C(C(=O)N[C@@H](CC1CC1)C(=O)OC(C)(C)C)C2. The second kappa shape index (κ2) is 7.14. The highest BCUT2D eigenvalue weighted by Crippen LogP contribution is 2.35. The summed E-state index contributed by atoms with van der Waals surface area (Å²) in [7, 11) is 1.62. The summed E-state index contributed by atoms with van der Waals surface area (Å²) < 4.78 is 10.9. The summed E-state index contributed by atoms with van der Waals surface area (Å²) in [6.45, 7) is 5.51. The lowest BCUT2D eigenvalue weighted by Crippen LogP contribution is -2.45. The van der Waals surface area contributed by atoms with Crippen LogP contribution in [0.25, 0.3) is 6.08 Å². The topological polar surface area (TPSA) is 64.6 Å². The molecule has 2 aliphatic carbocycles. The molecule has 0 bridgehead atoms. The molecule has 140 valence electrons. The first-order valence-electron chi connectivity index (χ1n) is 9.17. The van der Waals surface area contributed by atoms with E-state index in [1.807, 2.05) is 45.0 Å². The van der Waals surface area contributed by atoms with Gasteiger partial charge in [0.25, 0.3) is 0 Å². The van der Waals surface area contributed by atoms with E-state index in [0.717, 1.165) is 29.7 Å². The summed E-state index contributed by atoms with van der Waals surface area (Å²) in [6.07, 6.45) is 5.26. The van der Waals surface area contributed by atoms with E-state index in [1.165, 1.54) is 0 Å². The summed E-state index contributed by atoms with van der Waals surface area (Å²) in [5.74, 6) is 0.695. The van der Waals surface area contributed by atoms with Crippen LogP contribution in [0.15, 0.2) is 23.8 Å². The van der Waals surface area contributed by atoms with Gasteiger partial charge in [-0.25, -0.2) is 4.79 Å². The second-order valence-electron chi connectivity index (χ2n) is 8.12. The largest absolute Gasteiger partial charge is 0.496 e. The number of fused-ring (bicyclic) bond motifs is 1. The lowest BCUT2D eigenvalue weighted by molar-refractivity contribution is -0.158. The molecule has 0 saturated heterocycles. The van der Waals surface area contributed by atoms with Gasteiger partial charge in [-0.2, -0.15) is 0 Å². The zero-order chi connectivity index (χ0) is 18.9. The minimum absolute atomic E-state index is 0.209. The second-order valence-corrected chi connectivity index (χ2v) is 8.12. The smallest absolute Gasteiger partial charge is 0.329 e. The molecule has 0 unspecified atom stereocenters. The van der Waals surface area contributed by atoms with Crippen LogP contribution in [0.3, 0.4) is 0 Å². The van der Waals surface area contributed by atoms with Gasteiger partial charge in [-0.15, -0.1) is 0 Å². The Kier molecular flexibility index (Phi) is 5.08. The molecule has 0 spiro atoms. The van der Waals surface area contributed by atoms with E-state index in [1.54, 1.807) is 7.11 Å². The van der Waals surface area contributed by atoms with Crippen molar-refractivity contribution >= 4 is 18.0 Å². The molecule has 0 aliphatic heterocycles. The number of esters is 1. The molecule has 1 aromatic carbocycles. The molecular weight excluding hydrogens is 330 g/mol. The molecule has 0 heterocycles. The van der Waals surface area contributed by atoms with Gasteiger partial charge < -0.3 is 14.8 Å². The van der Waals surface area contributed by atoms with Crippen molar-refractivity contribution < 1.29 is 19.1 Å². The summed E-state index contributed by atoms with van der Waals surface area (Å²) in [5.41, 5.74) is 2.08. The van der Waals surface area contributed by atoms with Gasteiger partial charge in [0.15, 0.2) is 0 Å². The van der Waals surface area contributed by atoms with Crippen molar-refractivity contribution in [2.75, 3.05) is 7.11 Å². The number of benzene rings is 1. The number of ether oxygens (including phenoxy) is 2. The first-order chi connectivity index (χ1) is 12.3. The van der Waals surface area contributed by atoms with Crippen LogP contribution in [-0.4, -0.2) is 30.6 Å². The molecule has 1 atom stereocenters. The maximum absolute atomic E-state index is 12.8.